The highest BCUT2D eigenvalue weighted by atomic mass is 32.2. The monoisotopic (exact) mass is 275 g/mol. The first kappa shape index (κ1) is 14.4. The Kier molecular flexibility index (Phi) is 5.38. The number of nitrogens with two attached hydrogens (primary N) is 1. The number of pyridine rings is 1. The van der Waals surface area contributed by atoms with Crippen LogP contribution < -0.4 is 5.73 Å². The molecule has 5 nitrogen and oxygen atoms in total. The Bertz CT molecular complexity index is 445. The third-order valence-electron chi connectivity index (χ3n) is 2.32. The van der Waals surface area contributed by atoms with Crippen LogP contribution in [0, 0.1) is 0 Å². The van der Waals surface area contributed by atoms with Gasteiger partial charge in [-0.05, 0) is 17.9 Å². The van der Waals surface area contributed by atoms with E-state index in [1.807, 2.05) is 6.26 Å². The molecule has 0 unspecified atom stereocenters. The molecule has 0 atom stereocenters. The van der Waals surface area contributed by atoms with E-state index in [1.54, 1.807) is 24.9 Å². The molecule has 0 radical (unpaired) electrons. The van der Waals surface area contributed by atoms with Crippen LogP contribution >= 0.6 is 11.8 Å². The maximum absolute atomic E-state index is 12.1. The van der Waals surface area contributed by atoms with Gasteiger partial charge in [0.2, 0.25) is 0 Å². The lowest BCUT2D eigenvalue weighted by Crippen LogP contribution is -2.29. The van der Waals surface area contributed by atoms with Gasteiger partial charge in [-0.25, -0.2) is 13.4 Å². The van der Waals surface area contributed by atoms with Gasteiger partial charge in [0.25, 0.3) is 10.0 Å². The highest BCUT2D eigenvalue weighted by Crippen LogP contribution is 2.12. The predicted octanol–water partition coefficient (Wildman–Crippen LogP) is 0.524. The van der Waals surface area contributed by atoms with Gasteiger partial charge in [0.1, 0.15) is 0 Å². The third-order valence-corrected chi connectivity index (χ3v) is 4.68. The van der Waals surface area contributed by atoms with Crippen molar-refractivity contribution in [2.45, 2.75) is 11.6 Å². The highest BCUT2D eigenvalue weighted by molar-refractivity contribution is 7.98. The minimum atomic E-state index is -3.47. The van der Waals surface area contributed by atoms with Crippen molar-refractivity contribution < 1.29 is 8.42 Å². The summed E-state index contributed by atoms with van der Waals surface area (Å²) in [6.07, 6.45) is 3.43. The molecule has 0 amide bonds. The van der Waals surface area contributed by atoms with Crippen molar-refractivity contribution in [2.75, 3.05) is 25.6 Å². The van der Waals surface area contributed by atoms with Gasteiger partial charge in [0.05, 0.1) is 0 Å². The van der Waals surface area contributed by atoms with E-state index in [1.165, 1.54) is 16.6 Å². The topological polar surface area (TPSA) is 76.3 Å². The normalized spacial score (nSPS) is 12.0. The van der Waals surface area contributed by atoms with Gasteiger partial charge in [-0.3, -0.25) is 0 Å². The van der Waals surface area contributed by atoms with Crippen molar-refractivity contribution in [3.8, 4) is 0 Å². The van der Waals surface area contributed by atoms with E-state index in [9.17, 15) is 8.42 Å². The molecule has 7 heteroatoms. The van der Waals surface area contributed by atoms with Crippen LogP contribution in [0.1, 0.15) is 5.56 Å². The molecule has 1 rings (SSSR count). The molecule has 1 aromatic heterocycles. The molecule has 0 fully saturated rings. The van der Waals surface area contributed by atoms with Crippen molar-refractivity contribution in [1.82, 2.24) is 9.29 Å². The van der Waals surface area contributed by atoms with E-state index in [0.29, 0.717) is 13.1 Å². The number of rotatable bonds is 6. The summed E-state index contributed by atoms with van der Waals surface area (Å²) in [7, 11) is -1.91. The second-order valence-corrected chi connectivity index (χ2v) is 6.51. The molecule has 0 saturated heterocycles. The first-order chi connectivity index (χ1) is 8.02. The summed E-state index contributed by atoms with van der Waals surface area (Å²) in [6.45, 7) is 0.833. The molecule has 1 aromatic rings. The first-order valence-electron chi connectivity index (χ1n) is 5.12. The van der Waals surface area contributed by atoms with Crippen LogP contribution in [0.4, 0.5) is 0 Å². The Hall–Kier alpha value is -0.630. The SMILES string of the molecule is CSCCN(C)S(=O)(=O)c1ccc(CN)cn1. The van der Waals surface area contributed by atoms with Gasteiger partial charge in [-0.2, -0.15) is 16.1 Å². The first-order valence-corrected chi connectivity index (χ1v) is 7.96. The molecule has 0 bridgehead atoms. The van der Waals surface area contributed by atoms with E-state index in [0.717, 1.165) is 11.3 Å². The highest BCUT2D eigenvalue weighted by Gasteiger charge is 2.21. The summed E-state index contributed by atoms with van der Waals surface area (Å²) in [6, 6.07) is 3.18. The number of hydrogen-bond acceptors (Lipinski definition) is 5. The van der Waals surface area contributed by atoms with E-state index >= 15 is 0 Å². The largest absolute Gasteiger partial charge is 0.326 e. The second-order valence-electron chi connectivity index (χ2n) is 3.53. The summed E-state index contributed by atoms with van der Waals surface area (Å²) in [5.74, 6) is 0.761. The van der Waals surface area contributed by atoms with E-state index in [2.05, 4.69) is 4.98 Å². The van der Waals surface area contributed by atoms with Crippen LogP contribution in [0.2, 0.25) is 0 Å². The van der Waals surface area contributed by atoms with Gasteiger partial charge in [-0.15, -0.1) is 0 Å². The quantitative estimate of drug-likeness (QED) is 0.819. The minimum Gasteiger partial charge on any atom is -0.326 e. The molecule has 0 aliphatic carbocycles. The molecule has 0 aromatic carbocycles. The minimum absolute atomic E-state index is 0.0679. The fourth-order valence-electron chi connectivity index (χ4n) is 1.18. The summed E-state index contributed by atoms with van der Waals surface area (Å²) in [5, 5.41) is 0.0679. The molecule has 0 aliphatic rings. The van der Waals surface area contributed by atoms with Crippen LogP contribution in [-0.2, 0) is 16.6 Å². The maximum atomic E-state index is 12.1. The van der Waals surface area contributed by atoms with Gasteiger partial charge < -0.3 is 5.73 Å². The number of aromatic nitrogens is 1. The fourth-order valence-corrected chi connectivity index (χ4v) is 2.83. The predicted molar refractivity (Wildman–Crippen MR) is 70.3 cm³/mol. The van der Waals surface area contributed by atoms with Crippen molar-refractivity contribution in [2.24, 2.45) is 5.73 Å². The van der Waals surface area contributed by atoms with Crippen molar-refractivity contribution in [3.63, 3.8) is 0 Å². The van der Waals surface area contributed by atoms with Crippen molar-refractivity contribution in [3.05, 3.63) is 23.9 Å². The lowest BCUT2D eigenvalue weighted by molar-refractivity contribution is 0.485. The molecule has 0 saturated carbocycles. The van der Waals surface area contributed by atoms with E-state index in [4.69, 9.17) is 5.73 Å². The number of sulfonamides is 1. The van der Waals surface area contributed by atoms with Crippen LogP contribution in [-0.4, -0.2) is 43.3 Å². The molecule has 96 valence electrons. The van der Waals surface area contributed by atoms with Crippen LogP contribution in [0.3, 0.4) is 0 Å². The van der Waals surface area contributed by atoms with Crippen LogP contribution in [0.25, 0.3) is 0 Å². The molecule has 2 N–H and O–H groups in total. The summed E-state index contributed by atoms with van der Waals surface area (Å²) >= 11 is 1.60. The summed E-state index contributed by atoms with van der Waals surface area (Å²) in [4.78, 5) is 3.93. The number of nitrogens with zero attached hydrogens (tertiary/aromatic N) is 2. The van der Waals surface area contributed by atoms with Gasteiger partial charge in [-0.1, -0.05) is 6.07 Å². The average Bonchev–Trinajstić information content (AvgIpc) is 2.35. The van der Waals surface area contributed by atoms with E-state index in [-0.39, 0.29) is 5.03 Å². The van der Waals surface area contributed by atoms with E-state index < -0.39 is 10.0 Å². The summed E-state index contributed by atoms with van der Waals surface area (Å²) < 4.78 is 25.4. The van der Waals surface area contributed by atoms with Crippen molar-refractivity contribution >= 4 is 21.8 Å². The smallest absolute Gasteiger partial charge is 0.260 e. The lowest BCUT2D eigenvalue weighted by Gasteiger charge is -2.15. The molecular weight excluding hydrogens is 258 g/mol. The van der Waals surface area contributed by atoms with Crippen LogP contribution in [0.5, 0.6) is 0 Å². The third kappa shape index (κ3) is 3.67. The molecular formula is C10H17N3O2S2. The van der Waals surface area contributed by atoms with Crippen molar-refractivity contribution in [1.29, 1.82) is 0 Å². The molecule has 0 spiro atoms. The maximum Gasteiger partial charge on any atom is 0.260 e. The fraction of sp³-hybridized carbons (Fsp3) is 0.500. The Morgan fingerprint density at radius 3 is 2.65 bits per heavy atom. The molecule has 1 heterocycles. The van der Waals surface area contributed by atoms with Gasteiger partial charge in [0.15, 0.2) is 5.03 Å². The lowest BCUT2D eigenvalue weighted by atomic mass is 10.3. The van der Waals surface area contributed by atoms with Gasteiger partial charge in [0, 0.05) is 32.1 Å². The zero-order chi connectivity index (χ0) is 12.9. The Morgan fingerprint density at radius 2 is 2.18 bits per heavy atom. The second kappa shape index (κ2) is 6.34. The Balaban J connectivity index is 2.88. The Labute approximate surface area is 106 Å². The zero-order valence-corrected chi connectivity index (χ0v) is 11.6. The number of thioether (sulfide) groups is 1. The average molecular weight is 275 g/mol. The Morgan fingerprint density at radius 1 is 1.47 bits per heavy atom. The zero-order valence-electron chi connectivity index (χ0n) is 9.96. The van der Waals surface area contributed by atoms with Crippen LogP contribution in [0.15, 0.2) is 23.4 Å². The standard InChI is InChI=1S/C10H17N3O2S2/c1-13(5-6-16-2)17(14,15)10-4-3-9(7-11)8-12-10/h3-4,8H,5-7,11H2,1-2H3. The molecule has 17 heavy (non-hydrogen) atoms. The number of hydrogen-bond donors (Lipinski definition) is 1. The summed E-state index contributed by atoms with van der Waals surface area (Å²) in [5.41, 5.74) is 6.25. The van der Waals surface area contributed by atoms with Gasteiger partial charge >= 0.3 is 0 Å². The molecule has 0 aliphatic heterocycles.